The van der Waals surface area contributed by atoms with Gasteiger partial charge in [-0.15, -0.1) is 10.2 Å². The summed E-state index contributed by atoms with van der Waals surface area (Å²) in [6.45, 7) is 3.91. The molecular formula is C13H16N2O2. The first-order valence-electron chi connectivity index (χ1n) is 5.72. The fourth-order valence-corrected chi connectivity index (χ4v) is 1.45. The molecule has 1 aromatic heterocycles. The van der Waals surface area contributed by atoms with Crippen molar-refractivity contribution in [2.45, 2.75) is 26.4 Å². The molecular weight excluding hydrogens is 216 g/mol. The van der Waals surface area contributed by atoms with Gasteiger partial charge in [0.05, 0.1) is 12.5 Å². The Hall–Kier alpha value is -1.68. The molecule has 1 aromatic carbocycles. The predicted molar refractivity (Wildman–Crippen MR) is 64.3 cm³/mol. The topological polar surface area (TPSA) is 59.2 Å². The Morgan fingerprint density at radius 1 is 1.18 bits per heavy atom. The van der Waals surface area contributed by atoms with Gasteiger partial charge in [-0.05, 0) is 18.1 Å². The van der Waals surface area contributed by atoms with E-state index in [0.29, 0.717) is 18.2 Å². The minimum Gasteiger partial charge on any atom is -0.421 e. The van der Waals surface area contributed by atoms with Crippen LogP contribution in [0.2, 0.25) is 0 Å². The summed E-state index contributed by atoms with van der Waals surface area (Å²) >= 11 is 0. The monoisotopic (exact) mass is 232 g/mol. The zero-order valence-electron chi connectivity index (χ0n) is 10.00. The van der Waals surface area contributed by atoms with Crippen molar-refractivity contribution in [1.82, 2.24) is 10.2 Å². The maximum absolute atomic E-state index is 9.73. The molecule has 0 aliphatic heterocycles. The van der Waals surface area contributed by atoms with E-state index >= 15 is 0 Å². The second-order valence-electron chi connectivity index (χ2n) is 4.38. The summed E-state index contributed by atoms with van der Waals surface area (Å²) in [5.41, 5.74) is 0.894. The molecule has 0 spiro atoms. The standard InChI is InChI=1S/C13H16N2O2/c1-9(2)11(16)8-12-14-15-13(17-12)10-6-4-3-5-7-10/h3-7,9,11,16H,8H2,1-2H3. The maximum Gasteiger partial charge on any atom is 0.247 e. The summed E-state index contributed by atoms with van der Waals surface area (Å²) in [5, 5.41) is 17.6. The number of nitrogens with zero attached hydrogens (tertiary/aromatic N) is 2. The van der Waals surface area contributed by atoms with Gasteiger partial charge in [0.2, 0.25) is 11.8 Å². The van der Waals surface area contributed by atoms with E-state index < -0.39 is 6.10 Å². The molecule has 17 heavy (non-hydrogen) atoms. The molecule has 0 bridgehead atoms. The van der Waals surface area contributed by atoms with Crippen LogP contribution in [0.15, 0.2) is 34.7 Å². The molecule has 0 amide bonds. The first kappa shape index (κ1) is 11.8. The molecule has 0 aliphatic carbocycles. The van der Waals surface area contributed by atoms with Crippen LogP contribution in [-0.4, -0.2) is 21.4 Å². The van der Waals surface area contributed by atoms with E-state index in [0.717, 1.165) is 5.56 Å². The minimum atomic E-state index is -0.445. The molecule has 4 nitrogen and oxygen atoms in total. The third-order valence-electron chi connectivity index (χ3n) is 2.64. The maximum atomic E-state index is 9.73. The summed E-state index contributed by atoms with van der Waals surface area (Å²) in [7, 11) is 0. The summed E-state index contributed by atoms with van der Waals surface area (Å²) in [6, 6.07) is 9.60. The molecule has 2 aromatic rings. The molecule has 0 fully saturated rings. The molecule has 1 heterocycles. The van der Waals surface area contributed by atoms with Crippen LogP contribution in [0.3, 0.4) is 0 Å². The van der Waals surface area contributed by atoms with E-state index in [9.17, 15) is 5.11 Å². The highest BCUT2D eigenvalue weighted by atomic mass is 16.4. The van der Waals surface area contributed by atoms with Crippen LogP contribution in [0.5, 0.6) is 0 Å². The van der Waals surface area contributed by atoms with Gasteiger partial charge in [0.15, 0.2) is 0 Å². The highest BCUT2D eigenvalue weighted by molar-refractivity contribution is 5.51. The average molecular weight is 232 g/mol. The van der Waals surface area contributed by atoms with Crippen LogP contribution in [0, 0.1) is 5.92 Å². The summed E-state index contributed by atoms with van der Waals surface area (Å²) in [4.78, 5) is 0. The third kappa shape index (κ3) is 2.91. The number of hydrogen-bond donors (Lipinski definition) is 1. The number of aliphatic hydroxyl groups is 1. The minimum absolute atomic E-state index is 0.182. The molecule has 1 unspecified atom stereocenters. The normalized spacial score (nSPS) is 12.9. The lowest BCUT2D eigenvalue weighted by atomic mass is 10.0. The van der Waals surface area contributed by atoms with Crippen molar-refractivity contribution in [3.05, 3.63) is 36.2 Å². The second kappa shape index (κ2) is 5.10. The lowest BCUT2D eigenvalue weighted by Gasteiger charge is -2.10. The van der Waals surface area contributed by atoms with E-state index in [1.807, 2.05) is 44.2 Å². The number of benzene rings is 1. The molecule has 2 rings (SSSR count). The highest BCUT2D eigenvalue weighted by Crippen LogP contribution is 2.18. The van der Waals surface area contributed by atoms with E-state index in [2.05, 4.69) is 10.2 Å². The van der Waals surface area contributed by atoms with Gasteiger partial charge < -0.3 is 9.52 Å². The van der Waals surface area contributed by atoms with Crippen LogP contribution in [0.25, 0.3) is 11.5 Å². The molecule has 1 N–H and O–H groups in total. The van der Waals surface area contributed by atoms with Gasteiger partial charge in [0.25, 0.3) is 0 Å². The van der Waals surface area contributed by atoms with Gasteiger partial charge in [-0.1, -0.05) is 32.0 Å². The van der Waals surface area contributed by atoms with Gasteiger partial charge >= 0.3 is 0 Å². The predicted octanol–water partition coefficient (Wildman–Crippen LogP) is 2.30. The Morgan fingerprint density at radius 2 is 1.88 bits per heavy atom. The summed E-state index contributed by atoms with van der Waals surface area (Å²) in [5.74, 6) is 1.16. The van der Waals surface area contributed by atoms with E-state index in [4.69, 9.17) is 4.42 Å². The smallest absolute Gasteiger partial charge is 0.247 e. The SMILES string of the molecule is CC(C)C(O)Cc1nnc(-c2ccccc2)o1. The quantitative estimate of drug-likeness (QED) is 0.878. The van der Waals surface area contributed by atoms with E-state index in [1.165, 1.54) is 0 Å². The van der Waals surface area contributed by atoms with Crippen molar-refractivity contribution in [3.63, 3.8) is 0 Å². The molecule has 4 heteroatoms. The van der Waals surface area contributed by atoms with Crippen molar-refractivity contribution in [1.29, 1.82) is 0 Å². The van der Waals surface area contributed by atoms with Crippen LogP contribution in [-0.2, 0) is 6.42 Å². The Morgan fingerprint density at radius 3 is 2.53 bits per heavy atom. The largest absolute Gasteiger partial charge is 0.421 e. The summed E-state index contributed by atoms with van der Waals surface area (Å²) in [6.07, 6.45) is -0.0450. The van der Waals surface area contributed by atoms with Gasteiger partial charge in [0, 0.05) is 5.56 Å². The van der Waals surface area contributed by atoms with E-state index in [1.54, 1.807) is 0 Å². The molecule has 0 saturated heterocycles. The van der Waals surface area contributed by atoms with Gasteiger partial charge in [0.1, 0.15) is 0 Å². The van der Waals surface area contributed by atoms with Gasteiger partial charge in [-0.25, -0.2) is 0 Å². The number of rotatable bonds is 4. The Balaban J connectivity index is 2.12. The van der Waals surface area contributed by atoms with Crippen LogP contribution < -0.4 is 0 Å². The van der Waals surface area contributed by atoms with Crippen LogP contribution in [0.4, 0.5) is 0 Å². The van der Waals surface area contributed by atoms with Gasteiger partial charge in [-0.2, -0.15) is 0 Å². The Labute approximate surface area is 100 Å². The van der Waals surface area contributed by atoms with Crippen LogP contribution in [0.1, 0.15) is 19.7 Å². The number of aliphatic hydroxyl groups excluding tert-OH is 1. The zero-order valence-corrected chi connectivity index (χ0v) is 10.00. The fraction of sp³-hybridized carbons (Fsp3) is 0.385. The molecule has 0 aliphatic rings. The first-order valence-corrected chi connectivity index (χ1v) is 5.72. The van der Waals surface area contributed by atoms with Crippen LogP contribution >= 0.6 is 0 Å². The summed E-state index contributed by atoms with van der Waals surface area (Å²) < 4.78 is 5.51. The lowest BCUT2D eigenvalue weighted by Crippen LogP contribution is -2.17. The number of hydrogen-bond acceptors (Lipinski definition) is 4. The zero-order chi connectivity index (χ0) is 12.3. The molecule has 0 saturated carbocycles. The Bertz CT molecular complexity index is 465. The first-order chi connectivity index (χ1) is 8.16. The van der Waals surface area contributed by atoms with Crippen molar-refractivity contribution in [3.8, 4) is 11.5 Å². The van der Waals surface area contributed by atoms with Crippen molar-refractivity contribution in [2.75, 3.05) is 0 Å². The van der Waals surface area contributed by atoms with Crippen molar-refractivity contribution in [2.24, 2.45) is 5.92 Å². The molecule has 1 atom stereocenters. The fourth-order valence-electron chi connectivity index (χ4n) is 1.45. The average Bonchev–Trinajstić information content (AvgIpc) is 2.78. The molecule has 0 radical (unpaired) electrons. The van der Waals surface area contributed by atoms with Crippen molar-refractivity contribution < 1.29 is 9.52 Å². The Kier molecular flexibility index (Phi) is 3.54. The molecule has 90 valence electrons. The van der Waals surface area contributed by atoms with Crippen molar-refractivity contribution >= 4 is 0 Å². The number of aromatic nitrogens is 2. The second-order valence-corrected chi connectivity index (χ2v) is 4.38. The lowest BCUT2D eigenvalue weighted by molar-refractivity contribution is 0.118. The van der Waals surface area contributed by atoms with E-state index in [-0.39, 0.29) is 5.92 Å². The third-order valence-corrected chi connectivity index (χ3v) is 2.64. The van der Waals surface area contributed by atoms with Gasteiger partial charge in [-0.3, -0.25) is 0 Å². The highest BCUT2D eigenvalue weighted by Gasteiger charge is 2.15.